The summed E-state index contributed by atoms with van der Waals surface area (Å²) in [5.41, 5.74) is 5.28. The zero-order valence-corrected chi connectivity index (χ0v) is 21.6. The summed E-state index contributed by atoms with van der Waals surface area (Å²) >= 11 is 1.66. The number of hydrogen-bond acceptors (Lipinski definition) is 3. The third kappa shape index (κ3) is 6.70. The van der Waals surface area contributed by atoms with Crippen molar-refractivity contribution >= 4 is 29.0 Å². The molecule has 2 aromatic carbocycles. The van der Waals surface area contributed by atoms with Gasteiger partial charge < -0.3 is 15.1 Å². The highest BCUT2D eigenvalue weighted by Crippen LogP contribution is 2.21. The summed E-state index contributed by atoms with van der Waals surface area (Å²) in [6.07, 6.45) is 0.760. The van der Waals surface area contributed by atoms with Crippen LogP contribution in [0.5, 0.6) is 0 Å². The van der Waals surface area contributed by atoms with Crippen LogP contribution in [-0.2, 0) is 17.9 Å². The second kappa shape index (κ2) is 11.8. The van der Waals surface area contributed by atoms with Crippen LogP contribution >= 0.6 is 11.3 Å². The summed E-state index contributed by atoms with van der Waals surface area (Å²) < 4.78 is 0. The molecule has 6 heteroatoms. The first-order valence-corrected chi connectivity index (χ1v) is 12.7. The summed E-state index contributed by atoms with van der Waals surface area (Å²) in [6.45, 7) is 11.2. The summed E-state index contributed by atoms with van der Waals surface area (Å²) in [6, 6.07) is 17.6. The lowest BCUT2D eigenvalue weighted by atomic mass is 10.1. The van der Waals surface area contributed by atoms with Crippen molar-refractivity contribution in [2.24, 2.45) is 0 Å². The molecule has 3 amide bonds. The molecular weight excluding hydrogens is 442 g/mol. The molecular formula is C28H35N3O2S. The first-order valence-electron chi connectivity index (χ1n) is 11.8. The zero-order valence-electron chi connectivity index (χ0n) is 20.8. The van der Waals surface area contributed by atoms with E-state index in [4.69, 9.17) is 0 Å². The number of amides is 3. The van der Waals surface area contributed by atoms with Crippen LogP contribution in [0.1, 0.15) is 47.4 Å². The maximum absolute atomic E-state index is 13.6. The average Bonchev–Trinajstić information content (AvgIpc) is 3.23. The molecule has 0 bridgehead atoms. The van der Waals surface area contributed by atoms with Crippen molar-refractivity contribution in [3.8, 4) is 0 Å². The third-order valence-electron chi connectivity index (χ3n) is 6.32. The van der Waals surface area contributed by atoms with E-state index < -0.39 is 0 Å². The van der Waals surface area contributed by atoms with E-state index >= 15 is 0 Å². The molecule has 0 saturated carbocycles. The van der Waals surface area contributed by atoms with Crippen LogP contribution in [-0.4, -0.2) is 34.3 Å². The first-order chi connectivity index (χ1) is 16.3. The van der Waals surface area contributed by atoms with Gasteiger partial charge in [0.15, 0.2) is 0 Å². The van der Waals surface area contributed by atoms with Gasteiger partial charge in [-0.2, -0.15) is 0 Å². The number of urea groups is 1. The fourth-order valence-electron chi connectivity index (χ4n) is 3.68. The number of hydrogen-bond donors (Lipinski definition) is 1. The highest BCUT2D eigenvalue weighted by atomic mass is 32.1. The molecule has 0 aliphatic rings. The van der Waals surface area contributed by atoms with Gasteiger partial charge in [0.1, 0.15) is 6.54 Å². The highest BCUT2D eigenvalue weighted by Gasteiger charge is 2.25. The molecule has 1 atom stereocenters. The second-order valence-corrected chi connectivity index (χ2v) is 9.88. The van der Waals surface area contributed by atoms with E-state index in [1.165, 1.54) is 16.0 Å². The van der Waals surface area contributed by atoms with Gasteiger partial charge in [-0.3, -0.25) is 4.79 Å². The number of nitrogens with zero attached hydrogens (tertiary/aromatic N) is 2. The van der Waals surface area contributed by atoms with Crippen molar-refractivity contribution in [1.82, 2.24) is 9.80 Å². The SMILES string of the molecule is CCC(C)N(CC(=O)N(Cc1ccccc1)Cc1sccc1C)C(=O)Nc1ccc(C)c(C)c1. The fraction of sp³-hybridized carbons (Fsp3) is 0.357. The number of thiophene rings is 1. The molecule has 1 heterocycles. The van der Waals surface area contributed by atoms with E-state index in [0.717, 1.165) is 23.2 Å². The van der Waals surface area contributed by atoms with E-state index in [-0.39, 0.29) is 24.5 Å². The van der Waals surface area contributed by atoms with Crippen LogP contribution in [0.3, 0.4) is 0 Å². The number of carbonyl (C=O) groups is 2. The molecule has 3 rings (SSSR count). The van der Waals surface area contributed by atoms with E-state index in [9.17, 15) is 9.59 Å². The monoisotopic (exact) mass is 477 g/mol. The smallest absolute Gasteiger partial charge is 0.322 e. The predicted octanol–water partition coefficient (Wildman–Crippen LogP) is 6.53. The van der Waals surface area contributed by atoms with E-state index in [0.29, 0.717) is 13.1 Å². The van der Waals surface area contributed by atoms with Gasteiger partial charge >= 0.3 is 6.03 Å². The van der Waals surface area contributed by atoms with Crippen molar-refractivity contribution in [1.29, 1.82) is 0 Å². The van der Waals surface area contributed by atoms with E-state index in [1.807, 2.05) is 81.1 Å². The Bertz CT molecular complexity index is 1110. The van der Waals surface area contributed by atoms with Gasteiger partial charge in [0.25, 0.3) is 0 Å². The number of carbonyl (C=O) groups excluding carboxylic acids is 2. The van der Waals surface area contributed by atoms with Gasteiger partial charge in [0.2, 0.25) is 5.91 Å². The van der Waals surface area contributed by atoms with Crippen LogP contribution in [0.4, 0.5) is 10.5 Å². The number of benzene rings is 2. The van der Waals surface area contributed by atoms with Gasteiger partial charge in [-0.05, 0) is 79.9 Å². The van der Waals surface area contributed by atoms with Gasteiger partial charge in [-0.1, -0.05) is 43.3 Å². The second-order valence-electron chi connectivity index (χ2n) is 8.88. The Morgan fingerprint density at radius 1 is 0.941 bits per heavy atom. The maximum Gasteiger partial charge on any atom is 0.322 e. The van der Waals surface area contributed by atoms with Crippen molar-refractivity contribution < 1.29 is 9.59 Å². The average molecular weight is 478 g/mol. The van der Waals surface area contributed by atoms with Crippen LogP contribution < -0.4 is 5.32 Å². The Balaban J connectivity index is 1.79. The van der Waals surface area contributed by atoms with Gasteiger partial charge in [-0.25, -0.2) is 4.79 Å². The van der Waals surface area contributed by atoms with Crippen molar-refractivity contribution in [2.45, 2.75) is 60.2 Å². The standard InChI is InChI=1S/C28H35N3O2S/c1-6-23(5)31(28(33)29-25-13-12-20(2)22(4)16-25)19-27(32)30(17-24-10-8-7-9-11-24)18-26-21(3)14-15-34-26/h7-16,23H,6,17-19H2,1-5H3,(H,29,33). The molecule has 1 N–H and O–H groups in total. The molecule has 34 heavy (non-hydrogen) atoms. The summed E-state index contributed by atoms with van der Waals surface area (Å²) in [5, 5.41) is 5.05. The minimum Gasteiger partial charge on any atom is -0.332 e. The minimum absolute atomic E-state index is 0.0307. The Kier molecular flexibility index (Phi) is 8.88. The number of aryl methyl sites for hydroxylation is 3. The van der Waals surface area contributed by atoms with E-state index in [2.05, 4.69) is 23.7 Å². The number of rotatable bonds is 9. The van der Waals surface area contributed by atoms with Crippen molar-refractivity contribution in [2.75, 3.05) is 11.9 Å². The highest BCUT2D eigenvalue weighted by molar-refractivity contribution is 7.10. The topological polar surface area (TPSA) is 52.7 Å². The lowest BCUT2D eigenvalue weighted by Gasteiger charge is -2.31. The van der Waals surface area contributed by atoms with Crippen LogP contribution in [0, 0.1) is 20.8 Å². The molecule has 0 fully saturated rings. The molecule has 180 valence electrons. The molecule has 0 aliphatic carbocycles. The molecule has 3 aromatic rings. The number of anilines is 1. The Hall–Kier alpha value is -3.12. The Morgan fingerprint density at radius 2 is 1.68 bits per heavy atom. The number of nitrogens with one attached hydrogen (secondary N) is 1. The van der Waals surface area contributed by atoms with Crippen molar-refractivity contribution in [3.05, 3.63) is 87.1 Å². The maximum atomic E-state index is 13.6. The Morgan fingerprint density at radius 3 is 2.29 bits per heavy atom. The quantitative estimate of drug-likeness (QED) is 0.381. The third-order valence-corrected chi connectivity index (χ3v) is 7.33. The minimum atomic E-state index is -0.252. The molecule has 1 aromatic heterocycles. The van der Waals surface area contributed by atoms with E-state index in [1.54, 1.807) is 16.2 Å². The predicted molar refractivity (Wildman–Crippen MR) is 141 cm³/mol. The zero-order chi connectivity index (χ0) is 24.7. The van der Waals surface area contributed by atoms with Crippen LogP contribution in [0.25, 0.3) is 0 Å². The largest absolute Gasteiger partial charge is 0.332 e. The summed E-state index contributed by atoms with van der Waals surface area (Å²) in [5.74, 6) is -0.0628. The molecule has 5 nitrogen and oxygen atoms in total. The molecule has 0 aliphatic heterocycles. The van der Waals surface area contributed by atoms with Crippen molar-refractivity contribution in [3.63, 3.8) is 0 Å². The van der Waals surface area contributed by atoms with Gasteiger partial charge in [0.05, 0.1) is 6.54 Å². The Labute approximate surface area is 207 Å². The van der Waals surface area contributed by atoms with Gasteiger partial charge in [0, 0.05) is 23.2 Å². The fourth-order valence-corrected chi connectivity index (χ4v) is 4.60. The molecule has 0 spiro atoms. The van der Waals surface area contributed by atoms with Crippen LogP contribution in [0.2, 0.25) is 0 Å². The first kappa shape index (κ1) is 25.5. The summed E-state index contributed by atoms with van der Waals surface area (Å²) in [7, 11) is 0. The molecule has 0 saturated heterocycles. The summed E-state index contributed by atoms with van der Waals surface area (Å²) in [4.78, 5) is 31.5. The molecule has 0 radical (unpaired) electrons. The lowest BCUT2D eigenvalue weighted by Crippen LogP contribution is -2.47. The van der Waals surface area contributed by atoms with Crippen LogP contribution in [0.15, 0.2) is 60.0 Å². The van der Waals surface area contributed by atoms with Gasteiger partial charge in [-0.15, -0.1) is 11.3 Å². The lowest BCUT2D eigenvalue weighted by molar-refractivity contribution is -0.133. The normalized spacial score (nSPS) is 11.7. The molecule has 1 unspecified atom stereocenters.